The first-order valence-corrected chi connectivity index (χ1v) is 10.4. The Kier molecular flexibility index (Phi) is 6.14. The molecule has 2 aromatic rings. The molecule has 1 aliphatic heterocycles. The van der Waals surface area contributed by atoms with Crippen LogP contribution in [-0.4, -0.2) is 43.8 Å². The largest absolute Gasteiger partial charge is 0.497 e. The number of nitro benzene ring substituents is 1. The molecule has 0 unspecified atom stereocenters. The number of anilines is 1. The van der Waals surface area contributed by atoms with Crippen molar-refractivity contribution in [1.82, 2.24) is 4.31 Å². The van der Waals surface area contributed by atoms with Gasteiger partial charge in [-0.25, -0.2) is 8.42 Å². The smallest absolute Gasteiger partial charge is 0.269 e. The summed E-state index contributed by atoms with van der Waals surface area (Å²) in [7, 11) is -2.12. The molecule has 0 saturated carbocycles. The molecule has 29 heavy (non-hydrogen) atoms. The Morgan fingerprint density at radius 3 is 2.21 bits per heavy atom. The first-order valence-electron chi connectivity index (χ1n) is 9.01. The maximum absolute atomic E-state index is 12.8. The Morgan fingerprint density at radius 2 is 1.69 bits per heavy atom. The summed E-state index contributed by atoms with van der Waals surface area (Å²) < 4.78 is 32.0. The lowest BCUT2D eigenvalue weighted by Gasteiger charge is -2.30. The predicted octanol–water partition coefficient (Wildman–Crippen LogP) is 2.64. The van der Waals surface area contributed by atoms with Crippen molar-refractivity contribution in [3.05, 3.63) is 58.6 Å². The van der Waals surface area contributed by atoms with Crippen LogP contribution in [0, 0.1) is 16.0 Å². The zero-order chi connectivity index (χ0) is 21.0. The van der Waals surface area contributed by atoms with E-state index in [4.69, 9.17) is 4.74 Å². The maximum atomic E-state index is 12.8. The number of non-ortho nitro benzene ring substituents is 1. The molecule has 1 fully saturated rings. The number of benzene rings is 2. The number of nitrogens with one attached hydrogen (secondary N) is 1. The van der Waals surface area contributed by atoms with E-state index in [-0.39, 0.29) is 35.5 Å². The molecule has 10 heteroatoms. The van der Waals surface area contributed by atoms with E-state index in [2.05, 4.69) is 5.32 Å². The Labute approximate surface area is 168 Å². The fourth-order valence-corrected chi connectivity index (χ4v) is 4.64. The number of sulfonamides is 1. The van der Waals surface area contributed by atoms with Gasteiger partial charge in [-0.3, -0.25) is 14.9 Å². The molecule has 2 aromatic carbocycles. The third-order valence-corrected chi connectivity index (χ3v) is 6.78. The van der Waals surface area contributed by atoms with Gasteiger partial charge in [0.15, 0.2) is 0 Å². The number of rotatable bonds is 6. The lowest BCUT2D eigenvalue weighted by Crippen LogP contribution is -2.41. The number of hydrogen-bond acceptors (Lipinski definition) is 6. The van der Waals surface area contributed by atoms with E-state index in [1.807, 2.05) is 0 Å². The van der Waals surface area contributed by atoms with E-state index >= 15 is 0 Å². The van der Waals surface area contributed by atoms with Crippen molar-refractivity contribution in [3.63, 3.8) is 0 Å². The third kappa shape index (κ3) is 4.72. The van der Waals surface area contributed by atoms with Gasteiger partial charge in [0.2, 0.25) is 15.9 Å². The number of carbonyl (C=O) groups excluding carboxylic acids is 1. The van der Waals surface area contributed by atoms with Crippen molar-refractivity contribution in [3.8, 4) is 5.75 Å². The number of carbonyl (C=O) groups is 1. The average Bonchev–Trinajstić information content (AvgIpc) is 2.74. The van der Waals surface area contributed by atoms with Crippen molar-refractivity contribution in [1.29, 1.82) is 0 Å². The van der Waals surface area contributed by atoms with Crippen molar-refractivity contribution in [2.24, 2.45) is 5.92 Å². The topological polar surface area (TPSA) is 119 Å². The molecule has 0 spiro atoms. The standard InChI is InChI=1S/C19H21N3O6S/c1-28-17-6-8-18(9-7-17)29(26,27)21-12-10-14(11-13-21)19(23)20-15-2-4-16(5-3-15)22(24)25/h2-9,14H,10-13H2,1H3,(H,20,23). The second kappa shape index (κ2) is 8.58. The highest BCUT2D eigenvalue weighted by molar-refractivity contribution is 7.89. The lowest BCUT2D eigenvalue weighted by molar-refractivity contribution is -0.384. The molecule has 0 aromatic heterocycles. The first-order chi connectivity index (χ1) is 13.8. The van der Waals surface area contributed by atoms with Crippen LogP contribution in [0.1, 0.15) is 12.8 Å². The molecular weight excluding hydrogens is 398 g/mol. The number of ether oxygens (including phenoxy) is 1. The molecule has 0 radical (unpaired) electrons. The maximum Gasteiger partial charge on any atom is 0.269 e. The number of amides is 1. The van der Waals surface area contributed by atoms with Crippen LogP contribution in [0.5, 0.6) is 5.75 Å². The molecule has 1 amide bonds. The summed E-state index contributed by atoms with van der Waals surface area (Å²) in [6.07, 6.45) is 0.794. The number of nitro groups is 1. The molecule has 0 atom stereocenters. The normalized spacial score (nSPS) is 15.6. The highest BCUT2D eigenvalue weighted by Crippen LogP contribution is 2.26. The van der Waals surface area contributed by atoms with Crippen molar-refractivity contribution >= 4 is 27.3 Å². The third-order valence-electron chi connectivity index (χ3n) is 4.87. The monoisotopic (exact) mass is 419 g/mol. The number of nitrogens with zero attached hydrogens (tertiary/aromatic N) is 2. The van der Waals surface area contributed by atoms with Gasteiger partial charge < -0.3 is 10.1 Å². The zero-order valence-corrected chi connectivity index (χ0v) is 16.6. The quantitative estimate of drug-likeness (QED) is 0.568. The van der Waals surface area contributed by atoms with Crippen LogP contribution in [-0.2, 0) is 14.8 Å². The summed E-state index contributed by atoms with van der Waals surface area (Å²) in [6, 6.07) is 11.8. The van der Waals surface area contributed by atoms with E-state index in [1.54, 1.807) is 12.1 Å². The van der Waals surface area contributed by atoms with Crippen LogP contribution < -0.4 is 10.1 Å². The first kappa shape index (κ1) is 20.7. The molecule has 0 bridgehead atoms. The summed E-state index contributed by atoms with van der Waals surface area (Å²) >= 11 is 0. The van der Waals surface area contributed by atoms with Crippen LogP contribution in [0.15, 0.2) is 53.4 Å². The van der Waals surface area contributed by atoms with Crippen molar-refractivity contribution < 1.29 is 22.9 Å². The van der Waals surface area contributed by atoms with Gasteiger partial charge in [0.1, 0.15) is 5.75 Å². The van der Waals surface area contributed by atoms with Gasteiger partial charge >= 0.3 is 0 Å². The van der Waals surface area contributed by atoms with Crippen LogP contribution in [0.2, 0.25) is 0 Å². The molecular formula is C19H21N3O6S. The SMILES string of the molecule is COc1ccc(S(=O)(=O)N2CCC(C(=O)Nc3ccc([N+](=O)[O-])cc3)CC2)cc1. The number of piperidine rings is 1. The van der Waals surface area contributed by atoms with Gasteiger partial charge in [-0.2, -0.15) is 4.31 Å². The molecule has 0 aliphatic carbocycles. The minimum absolute atomic E-state index is 0.0555. The molecule has 1 saturated heterocycles. The summed E-state index contributed by atoms with van der Waals surface area (Å²) in [6.45, 7) is 0.486. The average molecular weight is 419 g/mol. The number of hydrogen-bond donors (Lipinski definition) is 1. The molecule has 1 aliphatic rings. The predicted molar refractivity (Wildman–Crippen MR) is 106 cm³/mol. The van der Waals surface area contributed by atoms with E-state index in [1.165, 1.54) is 47.8 Å². The summed E-state index contributed by atoms with van der Waals surface area (Å²) in [4.78, 5) is 22.8. The Balaban J connectivity index is 1.59. The van der Waals surface area contributed by atoms with Crippen LogP contribution >= 0.6 is 0 Å². The van der Waals surface area contributed by atoms with E-state index < -0.39 is 14.9 Å². The van der Waals surface area contributed by atoms with Crippen molar-refractivity contribution in [2.45, 2.75) is 17.7 Å². The minimum atomic E-state index is -3.63. The van der Waals surface area contributed by atoms with Crippen LogP contribution in [0.25, 0.3) is 0 Å². The minimum Gasteiger partial charge on any atom is -0.497 e. The fourth-order valence-electron chi connectivity index (χ4n) is 3.17. The summed E-state index contributed by atoms with van der Waals surface area (Å²) in [5.41, 5.74) is 0.411. The molecule has 1 heterocycles. The highest BCUT2D eigenvalue weighted by atomic mass is 32.2. The van der Waals surface area contributed by atoms with E-state index in [9.17, 15) is 23.3 Å². The van der Waals surface area contributed by atoms with Gasteiger partial charge in [0.25, 0.3) is 5.69 Å². The van der Waals surface area contributed by atoms with Gasteiger partial charge in [0, 0.05) is 36.8 Å². The van der Waals surface area contributed by atoms with Gasteiger partial charge in [-0.1, -0.05) is 0 Å². The molecule has 9 nitrogen and oxygen atoms in total. The van der Waals surface area contributed by atoms with Gasteiger partial charge in [-0.05, 0) is 49.2 Å². The Hall–Kier alpha value is -2.98. The lowest BCUT2D eigenvalue weighted by atomic mass is 9.97. The fraction of sp³-hybridized carbons (Fsp3) is 0.316. The summed E-state index contributed by atoms with van der Waals surface area (Å²) in [5.74, 6) is 0.0263. The Morgan fingerprint density at radius 1 is 1.10 bits per heavy atom. The zero-order valence-electron chi connectivity index (χ0n) is 15.8. The second-order valence-electron chi connectivity index (χ2n) is 6.65. The van der Waals surface area contributed by atoms with Gasteiger partial charge in [0.05, 0.1) is 16.9 Å². The van der Waals surface area contributed by atoms with Crippen molar-refractivity contribution in [2.75, 3.05) is 25.5 Å². The Bertz CT molecular complexity index is 982. The second-order valence-corrected chi connectivity index (χ2v) is 8.59. The van der Waals surface area contributed by atoms with E-state index in [0.717, 1.165) is 0 Å². The molecule has 154 valence electrons. The van der Waals surface area contributed by atoms with E-state index in [0.29, 0.717) is 24.3 Å². The number of methoxy groups -OCH3 is 1. The molecule has 1 N–H and O–H groups in total. The van der Waals surface area contributed by atoms with Crippen LogP contribution in [0.4, 0.5) is 11.4 Å². The van der Waals surface area contributed by atoms with Gasteiger partial charge in [-0.15, -0.1) is 0 Å². The highest BCUT2D eigenvalue weighted by Gasteiger charge is 2.32. The summed E-state index contributed by atoms with van der Waals surface area (Å²) in [5, 5.41) is 13.4. The molecule has 3 rings (SSSR count). The van der Waals surface area contributed by atoms with Crippen LogP contribution in [0.3, 0.4) is 0 Å².